The largest absolute Gasteiger partial charge is 0.362 e. The molecule has 62 valence electrons. The van der Waals surface area contributed by atoms with Crippen LogP contribution in [0, 0.1) is 0 Å². The van der Waals surface area contributed by atoms with E-state index in [-0.39, 0.29) is 12.2 Å². The van der Waals surface area contributed by atoms with Gasteiger partial charge >= 0.3 is 0 Å². The Hall–Kier alpha value is -0.730. The average Bonchev–Trinajstić information content (AvgIpc) is 2.70. The molecule has 0 atom stereocenters. The molecule has 0 unspecified atom stereocenters. The highest BCUT2D eigenvalue weighted by atomic mass is 19.1. The van der Waals surface area contributed by atoms with Gasteiger partial charge in [-0.25, -0.2) is 4.39 Å². The molecule has 0 bridgehead atoms. The summed E-state index contributed by atoms with van der Waals surface area (Å²) in [6, 6.07) is 0. The molecule has 1 saturated carbocycles. The Kier molecular flexibility index (Phi) is 1.34. The molecular formula is C8H13FN2. The fourth-order valence-corrected chi connectivity index (χ4v) is 1.48. The minimum Gasteiger partial charge on any atom is -0.362 e. The average molecular weight is 156 g/mol. The maximum Gasteiger partial charge on any atom is 0.113 e. The lowest BCUT2D eigenvalue weighted by molar-refractivity contribution is 0.179. The normalized spacial score (nSPS) is 26.4. The van der Waals surface area contributed by atoms with Gasteiger partial charge in [0, 0.05) is 19.4 Å². The zero-order valence-electron chi connectivity index (χ0n) is 6.76. The molecule has 1 aliphatic heterocycles. The van der Waals surface area contributed by atoms with Crippen molar-refractivity contribution < 1.29 is 4.39 Å². The highest BCUT2D eigenvalue weighted by Crippen LogP contribution is 2.43. The number of alkyl halides is 1. The molecule has 0 aromatic rings. The molecule has 0 amide bonds. The lowest BCUT2D eigenvalue weighted by atomic mass is 10.3. The van der Waals surface area contributed by atoms with Gasteiger partial charge in [-0.2, -0.15) is 0 Å². The van der Waals surface area contributed by atoms with E-state index in [1.165, 1.54) is 0 Å². The second kappa shape index (κ2) is 2.13. The van der Waals surface area contributed by atoms with E-state index < -0.39 is 0 Å². The molecule has 0 aromatic carbocycles. The predicted molar refractivity (Wildman–Crippen MR) is 41.5 cm³/mol. The summed E-state index contributed by atoms with van der Waals surface area (Å²) < 4.78 is 12.5. The number of rotatable bonds is 2. The van der Waals surface area contributed by atoms with Crippen LogP contribution in [-0.4, -0.2) is 35.7 Å². The van der Waals surface area contributed by atoms with Crippen LogP contribution < -0.4 is 0 Å². The summed E-state index contributed by atoms with van der Waals surface area (Å²) in [4.78, 5) is 4.17. The SMILES string of the molecule is CN1C=CN(C2(CF)CC2)C1. The first-order valence-corrected chi connectivity index (χ1v) is 3.98. The van der Waals surface area contributed by atoms with E-state index in [4.69, 9.17) is 0 Å². The van der Waals surface area contributed by atoms with Gasteiger partial charge in [-0.15, -0.1) is 0 Å². The molecule has 11 heavy (non-hydrogen) atoms. The minimum atomic E-state index is -0.203. The molecule has 0 radical (unpaired) electrons. The number of nitrogens with zero attached hydrogens (tertiary/aromatic N) is 2. The zero-order valence-corrected chi connectivity index (χ0v) is 6.76. The minimum absolute atomic E-state index is 0.110. The van der Waals surface area contributed by atoms with Crippen LogP contribution in [0.4, 0.5) is 4.39 Å². The van der Waals surface area contributed by atoms with E-state index in [0.717, 1.165) is 19.5 Å². The molecule has 0 spiro atoms. The van der Waals surface area contributed by atoms with Crippen molar-refractivity contribution in [3.8, 4) is 0 Å². The van der Waals surface area contributed by atoms with Gasteiger partial charge < -0.3 is 9.80 Å². The van der Waals surface area contributed by atoms with E-state index in [2.05, 4.69) is 9.80 Å². The summed E-state index contributed by atoms with van der Waals surface area (Å²) in [5.74, 6) is 0. The van der Waals surface area contributed by atoms with E-state index in [0.29, 0.717) is 0 Å². The Morgan fingerprint density at radius 1 is 1.45 bits per heavy atom. The van der Waals surface area contributed by atoms with Crippen LogP contribution >= 0.6 is 0 Å². The molecule has 2 aliphatic rings. The Morgan fingerprint density at radius 2 is 2.18 bits per heavy atom. The van der Waals surface area contributed by atoms with Gasteiger partial charge in [0.15, 0.2) is 0 Å². The van der Waals surface area contributed by atoms with Gasteiger partial charge in [-0.3, -0.25) is 0 Å². The lowest BCUT2D eigenvalue weighted by Gasteiger charge is -2.26. The first-order valence-electron chi connectivity index (χ1n) is 3.98. The lowest BCUT2D eigenvalue weighted by Crippen LogP contribution is -2.36. The zero-order chi connectivity index (χ0) is 7.90. The molecule has 0 aromatic heterocycles. The number of hydrogen-bond donors (Lipinski definition) is 0. The van der Waals surface area contributed by atoms with E-state index in [1.54, 1.807) is 0 Å². The summed E-state index contributed by atoms with van der Waals surface area (Å²) in [5, 5.41) is 0. The van der Waals surface area contributed by atoms with Gasteiger partial charge in [0.2, 0.25) is 0 Å². The van der Waals surface area contributed by atoms with Crippen molar-refractivity contribution in [1.29, 1.82) is 0 Å². The van der Waals surface area contributed by atoms with Crippen molar-refractivity contribution in [2.45, 2.75) is 18.4 Å². The third-order valence-electron chi connectivity index (χ3n) is 2.56. The van der Waals surface area contributed by atoms with Gasteiger partial charge in [0.25, 0.3) is 0 Å². The van der Waals surface area contributed by atoms with Crippen LogP contribution in [0.5, 0.6) is 0 Å². The topological polar surface area (TPSA) is 6.48 Å². The maximum absolute atomic E-state index is 12.5. The molecule has 2 nitrogen and oxygen atoms in total. The summed E-state index contributed by atoms with van der Waals surface area (Å²) >= 11 is 0. The fourth-order valence-electron chi connectivity index (χ4n) is 1.48. The van der Waals surface area contributed by atoms with Crippen LogP contribution in [0.2, 0.25) is 0 Å². The van der Waals surface area contributed by atoms with Crippen LogP contribution in [0.15, 0.2) is 12.4 Å². The molecule has 1 fully saturated rings. The Morgan fingerprint density at radius 3 is 2.55 bits per heavy atom. The molecule has 1 aliphatic carbocycles. The molecule has 0 saturated heterocycles. The van der Waals surface area contributed by atoms with E-state index in [1.807, 2.05) is 19.4 Å². The van der Waals surface area contributed by atoms with E-state index >= 15 is 0 Å². The summed E-state index contributed by atoms with van der Waals surface area (Å²) in [5.41, 5.74) is -0.110. The smallest absolute Gasteiger partial charge is 0.113 e. The monoisotopic (exact) mass is 156 g/mol. The Balaban J connectivity index is 2.02. The van der Waals surface area contributed by atoms with Crippen molar-refractivity contribution in [2.75, 3.05) is 20.4 Å². The second-order valence-electron chi connectivity index (χ2n) is 3.52. The summed E-state index contributed by atoms with van der Waals surface area (Å²) in [7, 11) is 2.00. The van der Waals surface area contributed by atoms with Gasteiger partial charge in [-0.1, -0.05) is 0 Å². The van der Waals surface area contributed by atoms with Crippen molar-refractivity contribution in [3.63, 3.8) is 0 Å². The molecule has 0 N–H and O–H groups in total. The van der Waals surface area contributed by atoms with Crippen LogP contribution in [0.1, 0.15) is 12.8 Å². The quantitative estimate of drug-likeness (QED) is 0.592. The number of hydrogen-bond acceptors (Lipinski definition) is 2. The highest BCUT2D eigenvalue weighted by Gasteiger charge is 2.48. The van der Waals surface area contributed by atoms with Gasteiger partial charge in [0.05, 0.1) is 12.2 Å². The van der Waals surface area contributed by atoms with Gasteiger partial charge in [-0.05, 0) is 12.8 Å². The highest BCUT2D eigenvalue weighted by molar-refractivity contribution is 5.09. The van der Waals surface area contributed by atoms with Crippen molar-refractivity contribution >= 4 is 0 Å². The van der Waals surface area contributed by atoms with Crippen LogP contribution in [-0.2, 0) is 0 Å². The van der Waals surface area contributed by atoms with Crippen molar-refractivity contribution in [1.82, 2.24) is 9.80 Å². The number of halogens is 1. The summed E-state index contributed by atoms with van der Waals surface area (Å²) in [6.07, 6.45) is 6.02. The molecule has 1 heterocycles. The second-order valence-corrected chi connectivity index (χ2v) is 3.52. The summed E-state index contributed by atoms with van der Waals surface area (Å²) in [6.45, 7) is 0.648. The van der Waals surface area contributed by atoms with Crippen molar-refractivity contribution in [2.24, 2.45) is 0 Å². The third kappa shape index (κ3) is 0.988. The maximum atomic E-state index is 12.5. The fraction of sp³-hybridized carbons (Fsp3) is 0.750. The Labute approximate surface area is 66.3 Å². The third-order valence-corrected chi connectivity index (χ3v) is 2.56. The van der Waals surface area contributed by atoms with Crippen LogP contribution in [0.25, 0.3) is 0 Å². The first kappa shape index (κ1) is 6.95. The van der Waals surface area contributed by atoms with Gasteiger partial charge in [0.1, 0.15) is 6.67 Å². The molecular weight excluding hydrogens is 143 g/mol. The van der Waals surface area contributed by atoms with Crippen LogP contribution in [0.3, 0.4) is 0 Å². The van der Waals surface area contributed by atoms with Crippen molar-refractivity contribution in [3.05, 3.63) is 12.4 Å². The molecule has 2 rings (SSSR count). The standard InChI is InChI=1S/C8H13FN2/c1-10-4-5-11(7-10)8(6-9)2-3-8/h4-5H,2-3,6-7H2,1H3. The predicted octanol–water partition coefficient (Wildman–Crippen LogP) is 1.16. The Bertz CT molecular complexity index is 187. The first-order chi connectivity index (χ1) is 5.27. The van der Waals surface area contributed by atoms with E-state index in [9.17, 15) is 4.39 Å². The molecule has 3 heteroatoms.